The maximum Gasteiger partial charge on any atom is 0.134 e. The third kappa shape index (κ3) is 1.83. The molecule has 0 bridgehead atoms. The molecule has 0 aliphatic carbocycles. The zero-order valence-electron chi connectivity index (χ0n) is 9.55. The summed E-state index contributed by atoms with van der Waals surface area (Å²) >= 11 is 0. The van der Waals surface area contributed by atoms with Crippen LogP contribution in [0, 0.1) is 5.92 Å². The van der Waals surface area contributed by atoms with Crippen LogP contribution < -0.4 is 0 Å². The van der Waals surface area contributed by atoms with Gasteiger partial charge in [0.25, 0.3) is 0 Å². The van der Waals surface area contributed by atoms with Crippen LogP contribution in [-0.2, 0) is 10.2 Å². The molecule has 82 valence electrons. The monoisotopic (exact) mass is 213 g/mol. The molecule has 2 heteroatoms. The zero-order chi connectivity index (χ0) is 11.6. The Balaban J connectivity index is 2.64. The van der Waals surface area contributed by atoms with Crippen molar-refractivity contribution in [2.75, 3.05) is 0 Å². The van der Waals surface area contributed by atoms with Crippen molar-refractivity contribution in [1.82, 2.24) is 0 Å². The van der Waals surface area contributed by atoms with Gasteiger partial charge in [-0.1, -0.05) is 37.3 Å². The van der Waals surface area contributed by atoms with Crippen molar-refractivity contribution >= 4 is 18.2 Å². The van der Waals surface area contributed by atoms with Gasteiger partial charge < -0.3 is 4.79 Å². The number of fused-ring (bicyclic) bond motifs is 1. The van der Waals surface area contributed by atoms with E-state index in [0.717, 1.165) is 17.5 Å². The van der Waals surface area contributed by atoms with Crippen molar-refractivity contribution < 1.29 is 4.79 Å². The number of aliphatic imine (C=N–C) groups is 1. The highest BCUT2D eigenvalue weighted by Gasteiger charge is 2.26. The molecule has 0 saturated carbocycles. The minimum absolute atomic E-state index is 0.257. The molecule has 0 radical (unpaired) electrons. The van der Waals surface area contributed by atoms with E-state index in [2.05, 4.69) is 11.9 Å². The average Bonchev–Trinajstić information content (AvgIpc) is 2.32. The second-order valence-corrected chi connectivity index (χ2v) is 4.41. The molecule has 2 unspecified atom stereocenters. The maximum atomic E-state index is 11.3. The summed E-state index contributed by atoms with van der Waals surface area (Å²) in [6.45, 7) is 3.97. The van der Waals surface area contributed by atoms with Crippen LogP contribution in [-0.4, -0.2) is 12.5 Å². The van der Waals surface area contributed by atoms with Crippen LogP contribution >= 0.6 is 0 Å². The van der Waals surface area contributed by atoms with E-state index in [1.165, 1.54) is 0 Å². The minimum atomic E-state index is -0.567. The standard InChI is InChI=1S/C14H15NO/c1-11-7-8-14(2,10-16)12-5-3-4-6-13(12)15-9-11/h3-11H,1-2H3/b8-7-,15-9?. The van der Waals surface area contributed by atoms with Gasteiger partial charge in [-0.05, 0) is 18.6 Å². The van der Waals surface area contributed by atoms with Gasteiger partial charge in [0.15, 0.2) is 0 Å². The predicted octanol–water partition coefficient (Wildman–Crippen LogP) is 3.05. The maximum absolute atomic E-state index is 11.3. The van der Waals surface area contributed by atoms with Gasteiger partial charge in [-0.15, -0.1) is 0 Å². The minimum Gasteiger partial charge on any atom is -0.302 e. The Morgan fingerprint density at radius 2 is 2.12 bits per heavy atom. The fraction of sp³-hybridized carbons (Fsp3) is 0.286. The lowest BCUT2D eigenvalue weighted by Crippen LogP contribution is -2.22. The Bertz CT molecular complexity index is 462. The summed E-state index contributed by atoms with van der Waals surface area (Å²) in [6, 6.07) is 7.78. The molecule has 2 atom stereocenters. The highest BCUT2D eigenvalue weighted by molar-refractivity contribution is 5.79. The van der Waals surface area contributed by atoms with Crippen LogP contribution in [0.2, 0.25) is 0 Å². The van der Waals surface area contributed by atoms with Crippen LogP contribution in [0.25, 0.3) is 0 Å². The number of carbonyl (C=O) groups is 1. The second kappa shape index (κ2) is 4.05. The molecule has 1 aliphatic heterocycles. The summed E-state index contributed by atoms with van der Waals surface area (Å²) in [4.78, 5) is 15.7. The quantitative estimate of drug-likeness (QED) is 0.520. The van der Waals surface area contributed by atoms with Crippen molar-refractivity contribution in [3.8, 4) is 0 Å². The molecular weight excluding hydrogens is 198 g/mol. The molecule has 16 heavy (non-hydrogen) atoms. The number of benzene rings is 1. The lowest BCUT2D eigenvalue weighted by atomic mass is 9.81. The molecule has 0 amide bonds. The first-order valence-electron chi connectivity index (χ1n) is 5.45. The number of allylic oxidation sites excluding steroid dienone is 2. The van der Waals surface area contributed by atoms with Crippen molar-refractivity contribution in [3.05, 3.63) is 42.0 Å². The van der Waals surface area contributed by atoms with Gasteiger partial charge in [-0.3, -0.25) is 4.99 Å². The molecule has 1 aliphatic rings. The first-order valence-corrected chi connectivity index (χ1v) is 5.45. The molecule has 2 nitrogen and oxygen atoms in total. The third-order valence-electron chi connectivity index (χ3n) is 2.92. The molecule has 0 aromatic heterocycles. The van der Waals surface area contributed by atoms with E-state index in [9.17, 15) is 4.79 Å². The van der Waals surface area contributed by atoms with E-state index < -0.39 is 5.41 Å². The Morgan fingerprint density at radius 1 is 1.38 bits per heavy atom. The van der Waals surface area contributed by atoms with E-state index in [0.29, 0.717) is 0 Å². The van der Waals surface area contributed by atoms with Crippen LogP contribution in [0.3, 0.4) is 0 Å². The second-order valence-electron chi connectivity index (χ2n) is 4.41. The largest absolute Gasteiger partial charge is 0.302 e. The van der Waals surface area contributed by atoms with Gasteiger partial charge in [0, 0.05) is 12.1 Å². The lowest BCUT2D eigenvalue weighted by Gasteiger charge is -2.23. The molecule has 1 aromatic carbocycles. The van der Waals surface area contributed by atoms with E-state index in [4.69, 9.17) is 0 Å². The van der Waals surface area contributed by atoms with E-state index in [1.54, 1.807) is 0 Å². The molecule has 0 spiro atoms. The van der Waals surface area contributed by atoms with Crippen molar-refractivity contribution in [1.29, 1.82) is 0 Å². The van der Waals surface area contributed by atoms with Gasteiger partial charge in [-0.2, -0.15) is 0 Å². The number of nitrogens with zero attached hydrogens (tertiary/aromatic N) is 1. The number of hydrogen-bond acceptors (Lipinski definition) is 2. The van der Waals surface area contributed by atoms with E-state index in [-0.39, 0.29) is 5.92 Å². The van der Waals surface area contributed by atoms with Crippen LogP contribution in [0.1, 0.15) is 19.4 Å². The first-order chi connectivity index (χ1) is 7.65. The molecule has 2 rings (SSSR count). The number of rotatable bonds is 1. The first kappa shape index (κ1) is 10.8. The summed E-state index contributed by atoms with van der Waals surface area (Å²) in [5.74, 6) is 0.257. The summed E-state index contributed by atoms with van der Waals surface area (Å²) in [7, 11) is 0. The molecule has 0 fully saturated rings. The SMILES string of the molecule is CC1C=Nc2ccccc2C(C)(C=O)/C=C\1. The Kier molecular flexibility index (Phi) is 2.73. The van der Waals surface area contributed by atoms with Crippen molar-refractivity contribution in [2.45, 2.75) is 19.3 Å². The summed E-state index contributed by atoms with van der Waals surface area (Å²) < 4.78 is 0. The van der Waals surface area contributed by atoms with Crippen LogP contribution in [0.4, 0.5) is 5.69 Å². The van der Waals surface area contributed by atoms with Crippen LogP contribution in [0.15, 0.2) is 41.4 Å². The fourth-order valence-electron chi connectivity index (χ4n) is 1.83. The molecule has 0 N–H and O–H groups in total. The van der Waals surface area contributed by atoms with E-state index >= 15 is 0 Å². The average molecular weight is 213 g/mol. The van der Waals surface area contributed by atoms with E-state index in [1.807, 2.05) is 49.6 Å². The van der Waals surface area contributed by atoms with Gasteiger partial charge >= 0.3 is 0 Å². The summed E-state index contributed by atoms with van der Waals surface area (Å²) in [6.07, 6.45) is 6.87. The smallest absolute Gasteiger partial charge is 0.134 e. The van der Waals surface area contributed by atoms with Gasteiger partial charge in [0.05, 0.1) is 11.1 Å². The van der Waals surface area contributed by atoms with Crippen molar-refractivity contribution in [3.63, 3.8) is 0 Å². The van der Waals surface area contributed by atoms with Gasteiger partial charge in [-0.25, -0.2) is 0 Å². The Morgan fingerprint density at radius 3 is 2.88 bits per heavy atom. The van der Waals surface area contributed by atoms with Crippen LogP contribution in [0.5, 0.6) is 0 Å². The Hall–Kier alpha value is -1.70. The van der Waals surface area contributed by atoms with Gasteiger partial charge in [0.2, 0.25) is 0 Å². The zero-order valence-corrected chi connectivity index (χ0v) is 9.55. The highest BCUT2D eigenvalue weighted by atomic mass is 16.1. The van der Waals surface area contributed by atoms with Gasteiger partial charge in [0.1, 0.15) is 6.29 Å². The number of para-hydroxylation sites is 1. The molecule has 0 saturated heterocycles. The summed E-state index contributed by atoms with van der Waals surface area (Å²) in [5, 5.41) is 0. The summed E-state index contributed by atoms with van der Waals surface area (Å²) in [5.41, 5.74) is 1.28. The number of hydrogen-bond donors (Lipinski definition) is 0. The van der Waals surface area contributed by atoms with Crippen molar-refractivity contribution in [2.24, 2.45) is 10.9 Å². The molecule has 1 heterocycles. The Labute approximate surface area is 95.7 Å². The lowest BCUT2D eigenvalue weighted by molar-refractivity contribution is -0.110. The fourth-order valence-corrected chi connectivity index (χ4v) is 1.83. The third-order valence-corrected chi connectivity index (χ3v) is 2.92. The molecular formula is C14H15NO. The number of aldehydes is 1. The normalized spacial score (nSPS) is 30.0. The predicted molar refractivity (Wildman–Crippen MR) is 66.3 cm³/mol. The molecule has 1 aromatic rings. The number of carbonyl (C=O) groups excluding carboxylic acids is 1. The topological polar surface area (TPSA) is 29.4 Å². The highest BCUT2D eigenvalue weighted by Crippen LogP contribution is 2.33.